The fourth-order valence-corrected chi connectivity index (χ4v) is 9.92. The Morgan fingerprint density at radius 2 is 1.18 bits per heavy atom. The van der Waals surface area contributed by atoms with E-state index in [-0.39, 0.29) is 5.41 Å². The number of hydrogen-bond acceptors (Lipinski definition) is 1. The van der Waals surface area contributed by atoms with Crippen molar-refractivity contribution in [2.45, 2.75) is 103 Å². The molecule has 3 saturated carbocycles. The van der Waals surface area contributed by atoms with Gasteiger partial charge in [0.2, 0.25) is 0 Å². The highest BCUT2D eigenvalue weighted by molar-refractivity contribution is 6.10. The van der Waals surface area contributed by atoms with Crippen LogP contribution in [0.1, 0.15) is 128 Å². The first-order valence-corrected chi connectivity index (χ1v) is 21.2. The van der Waals surface area contributed by atoms with Crippen LogP contribution in [0.2, 0.25) is 0 Å². The monoisotopic (exact) mass is 731 g/mol. The van der Waals surface area contributed by atoms with Crippen molar-refractivity contribution in [1.82, 2.24) is 4.57 Å². The summed E-state index contributed by atoms with van der Waals surface area (Å²) in [6.07, 6.45) is 11.3. The molecule has 7 aromatic rings. The summed E-state index contributed by atoms with van der Waals surface area (Å²) in [5.74, 6) is 3.12. The number of para-hydroxylation sites is 1. The molecule has 3 fully saturated rings. The third-order valence-electron chi connectivity index (χ3n) is 13.7. The maximum Gasteiger partial charge on any atom is 0.131 e. The van der Waals surface area contributed by atoms with Gasteiger partial charge in [-0.05, 0) is 163 Å². The molecule has 0 bridgehead atoms. The van der Waals surface area contributed by atoms with E-state index >= 15 is 0 Å². The molecule has 0 unspecified atom stereocenters. The van der Waals surface area contributed by atoms with Gasteiger partial charge in [0.05, 0.1) is 11.0 Å². The molecule has 0 atom stereocenters. The first-order valence-electron chi connectivity index (χ1n) is 21.2. The predicted molar refractivity (Wildman–Crippen MR) is 235 cm³/mol. The first kappa shape index (κ1) is 35.1. The van der Waals surface area contributed by atoms with Gasteiger partial charge in [0.15, 0.2) is 0 Å². The number of aromatic nitrogens is 1. The standard InChI is InChI=1S/C54H53NO/c1-35-15-8-11-26-51(35)56-52-34-46-45-32-48(54(3,4)47-25-10-9-24-43(47)37-18-12-19-37)36(2)31-49(45)55(50(46)33-44(52)38-20-13-21-38)42-29-27-41(28-30-42)53(40-22-14-23-40)39-16-6-5-7-17-39/h5-11,15-17,24-34,37-38H,12-14,18-23H2,1-4H3. The van der Waals surface area contributed by atoms with Crippen LogP contribution in [0.4, 0.5) is 0 Å². The van der Waals surface area contributed by atoms with Crippen molar-refractivity contribution in [3.63, 3.8) is 0 Å². The molecule has 56 heavy (non-hydrogen) atoms. The van der Waals surface area contributed by atoms with Crippen LogP contribution < -0.4 is 4.74 Å². The minimum absolute atomic E-state index is 0.157. The maximum atomic E-state index is 6.93. The number of aryl methyl sites for hydroxylation is 2. The fourth-order valence-electron chi connectivity index (χ4n) is 9.92. The molecule has 0 saturated heterocycles. The topological polar surface area (TPSA) is 14.2 Å². The average molecular weight is 732 g/mol. The molecule has 0 radical (unpaired) electrons. The van der Waals surface area contributed by atoms with E-state index in [9.17, 15) is 0 Å². The number of fused-ring (bicyclic) bond motifs is 3. The molecule has 280 valence electrons. The van der Waals surface area contributed by atoms with Gasteiger partial charge in [-0.15, -0.1) is 0 Å². The van der Waals surface area contributed by atoms with Gasteiger partial charge < -0.3 is 9.30 Å². The lowest BCUT2D eigenvalue weighted by molar-refractivity contribution is 0.397. The van der Waals surface area contributed by atoms with Crippen LogP contribution in [0.5, 0.6) is 11.5 Å². The fraction of sp³-hybridized carbons (Fsp3) is 0.296. The molecule has 1 aromatic heterocycles. The van der Waals surface area contributed by atoms with E-state index in [2.05, 4.69) is 160 Å². The van der Waals surface area contributed by atoms with Crippen molar-refractivity contribution >= 4 is 27.4 Å². The van der Waals surface area contributed by atoms with Crippen molar-refractivity contribution < 1.29 is 4.74 Å². The van der Waals surface area contributed by atoms with Crippen LogP contribution >= 0.6 is 0 Å². The molecular weight excluding hydrogens is 679 g/mol. The summed E-state index contributed by atoms with van der Waals surface area (Å²) in [7, 11) is 0. The van der Waals surface area contributed by atoms with Gasteiger partial charge in [0.25, 0.3) is 0 Å². The van der Waals surface area contributed by atoms with Crippen LogP contribution in [0.15, 0.2) is 133 Å². The summed E-state index contributed by atoms with van der Waals surface area (Å²) >= 11 is 0. The second kappa shape index (κ2) is 14.0. The first-order chi connectivity index (χ1) is 27.3. The molecule has 1 heterocycles. The second-order valence-corrected chi connectivity index (χ2v) is 17.5. The Balaban J connectivity index is 1.18. The second-order valence-electron chi connectivity index (χ2n) is 17.5. The molecule has 0 spiro atoms. The van der Waals surface area contributed by atoms with Crippen molar-refractivity contribution in [2.75, 3.05) is 0 Å². The van der Waals surface area contributed by atoms with E-state index in [0.29, 0.717) is 11.8 Å². The lowest BCUT2D eigenvalue weighted by Gasteiger charge is -2.35. The summed E-state index contributed by atoms with van der Waals surface area (Å²) in [5.41, 5.74) is 17.4. The van der Waals surface area contributed by atoms with Crippen LogP contribution in [0, 0.1) is 13.8 Å². The van der Waals surface area contributed by atoms with Gasteiger partial charge in [-0.2, -0.15) is 0 Å². The summed E-state index contributed by atoms with van der Waals surface area (Å²) in [6, 6.07) is 48.0. The van der Waals surface area contributed by atoms with Crippen molar-refractivity contribution in [1.29, 1.82) is 0 Å². The summed E-state index contributed by atoms with van der Waals surface area (Å²) in [4.78, 5) is 0. The molecule has 0 N–H and O–H groups in total. The zero-order valence-corrected chi connectivity index (χ0v) is 33.5. The quantitative estimate of drug-likeness (QED) is 0.144. The van der Waals surface area contributed by atoms with E-state index in [0.717, 1.165) is 17.1 Å². The highest BCUT2D eigenvalue weighted by atomic mass is 16.5. The third kappa shape index (κ3) is 5.92. The van der Waals surface area contributed by atoms with E-state index < -0.39 is 0 Å². The molecule has 6 aromatic carbocycles. The van der Waals surface area contributed by atoms with Gasteiger partial charge in [-0.1, -0.05) is 117 Å². The average Bonchev–Trinajstić information content (AvgIpc) is 3.44. The van der Waals surface area contributed by atoms with Gasteiger partial charge in [-0.25, -0.2) is 0 Å². The normalized spacial score (nSPS) is 16.1. The van der Waals surface area contributed by atoms with Crippen LogP contribution in [0.25, 0.3) is 33.1 Å². The Bertz CT molecular complexity index is 2620. The van der Waals surface area contributed by atoms with E-state index in [4.69, 9.17) is 4.74 Å². The van der Waals surface area contributed by atoms with E-state index in [1.165, 1.54) is 130 Å². The largest absolute Gasteiger partial charge is 0.457 e. The van der Waals surface area contributed by atoms with E-state index in [1.807, 2.05) is 0 Å². The molecule has 0 aliphatic heterocycles. The minimum Gasteiger partial charge on any atom is -0.457 e. The highest BCUT2D eigenvalue weighted by Crippen LogP contribution is 2.49. The number of ether oxygens (including phenoxy) is 1. The summed E-state index contributed by atoms with van der Waals surface area (Å²) in [5, 5.41) is 2.54. The molecular formula is C54H53NO. The van der Waals surface area contributed by atoms with Gasteiger partial charge in [-0.3, -0.25) is 0 Å². The number of allylic oxidation sites excluding steroid dienone is 1. The molecule has 2 heteroatoms. The SMILES string of the molecule is Cc1ccccc1Oc1cc2c3cc(C(C)(C)c4ccccc4C4CCC4)c(C)cc3n(-c3ccc(C(=C4CCC4)c4ccccc4)cc3)c2cc1C1CCC1. The van der Waals surface area contributed by atoms with Crippen LogP contribution in [-0.4, -0.2) is 4.57 Å². The zero-order valence-electron chi connectivity index (χ0n) is 33.5. The summed E-state index contributed by atoms with van der Waals surface area (Å²) < 4.78 is 9.47. The van der Waals surface area contributed by atoms with Crippen LogP contribution in [0.3, 0.4) is 0 Å². The Hall–Kier alpha value is -5.34. The highest BCUT2D eigenvalue weighted by Gasteiger charge is 2.33. The molecule has 2 nitrogen and oxygen atoms in total. The summed E-state index contributed by atoms with van der Waals surface area (Å²) in [6.45, 7) is 9.37. The zero-order chi connectivity index (χ0) is 38.0. The smallest absolute Gasteiger partial charge is 0.131 e. The third-order valence-corrected chi connectivity index (χ3v) is 13.7. The maximum absolute atomic E-state index is 6.93. The number of benzene rings is 6. The van der Waals surface area contributed by atoms with Gasteiger partial charge in [0.1, 0.15) is 11.5 Å². The Morgan fingerprint density at radius 3 is 1.86 bits per heavy atom. The molecule has 3 aliphatic rings. The van der Waals surface area contributed by atoms with Crippen LogP contribution in [-0.2, 0) is 5.41 Å². The number of hydrogen-bond donors (Lipinski definition) is 0. The Labute approximate surface area is 332 Å². The minimum atomic E-state index is -0.157. The molecule has 0 amide bonds. The predicted octanol–water partition coefficient (Wildman–Crippen LogP) is 15.0. The lowest BCUT2D eigenvalue weighted by atomic mass is 9.69. The van der Waals surface area contributed by atoms with Crippen molar-refractivity contribution in [3.05, 3.63) is 177 Å². The van der Waals surface area contributed by atoms with Crippen molar-refractivity contribution in [2.24, 2.45) is 0 Å². The number of nitrogens with zero attached hydrogens (tertiary/aromatic N) is 1. The molecule has 10 rings (SSSR count). The Kier molecular flexibility index (Phi) is 8.77. The lowest BCUT2D eigenvalue weighted by Crippen LogP contribution is -2.24. The van der Waals surface area contributed by atoms with Crippen molar-refractivity contribution in [3.8, 4) is 17.2 Å². The van der Waals surface area contributed by atoms with Gasteiger partial charge in [0, 0.05) is 21.9 Å². The van der Waals surface area contributed by atoms with Gasteiger partial charge >= 0.3 is 0 Å². The molecule has 3 aliphatic carbocycles. The number of rotatable bonds is 9. The Morgan fingerprint density at radius 1 is 0.554 bits per heavy atom. The van der Waals surface area contributed by atoms with E-state index in [1.54, 1.807) is 5.57 Å².